The van der Waals surface area contributed by atoms with Gasteiger partial charge in [0.2, 0.25) is 0 Å². The van der Waals surface area contributed by atoms with Crippen LogP contribution >= 0.6 is 0 Å². The Hall–Kier alpha value is -2.47. The molecule has 1 saturated heterocycles. The number of amides is 2. The Morgan fingerprint density at radius 2 is 1.68 bits per heavy atom. The Bertz CT molecular complexity index is 810. The minimum atomic E-state index is -0.327. The zero-order valence-corrected chi connectivity index (χ0v) is 15.7. The lowest BCUT2D eigenvalue weighted by molar-refractivity contribution is 0.191. The third kappa shape index (κ3) is 4.33. The molecule has 3 atom stereocenters. The van der Waals surface area contributed by atoms with Gasteiger partial charge in [0.15, 0.2) is 0 Å². The van der Waals surface area contributed by atoms with Crippen LogP contribution in [0.1, 0.15) is 24.3 Å². The Balaban J connectivity index is 1.15. The number of hydrogen-bond acceptors (Lipinski definition) is 2. The first kappa shape index (κ1) is 18.9. The number of rotatable bonds is 6. The average Bonchev–Trinajstić information content (AvgIpc) is 2.99. The van der Waals surface area contributed by atoms with Crippen LogP contribution in [0.25, 0.3) is 0 Å². The van der Waals surface area contributed by atoms with Gasteiger partial charge in [0.25, 0.3) is 0 Å². The van der Waals surface area contributed by atoms with Crippen molar-refractivity contribution in [1.29, 1.82) is 0 Å². The molecule has 1 heterocycles. The number of benzene rings is 2. The molecular formula is C22H25F2N3O. The maximum atomic E-state index is 13.1. The van der Waals surface area contributed by atoms with Crippen molar-refractivity contribution in [3.63, 3.8) is 0 Å². The number of likely N-dealkylation sites (tertiary alicyclic amines) is 1. The minimum absolute atomic E-state index is 0.177. The highest BCUT2D eigenvalue weighted by Crippen LogP contribution is 2.51. The lowest BCUT2D eigenvalue weighted by Gasteiger charge is -2.40. The van der Waals surface area contributed by atoms with E-state index in [2.05, 4.69) is 15.5 Å². The van der Waals surface area contributed by atoms with Gasteiger partial charge in [-0.2, -0.15) is 0 Å². The van der Waals surface area contributed by atoms with Gasteiger partial charge in [-0.1, -0.05) is 12.1 Å². The van der Waals surface area contributed by atoms with Crippen LogP contribution in [0.5, 0.6) is 0 Å². The largest absolute Gasteiger partial charge is 0.338 e. The van der Waals surface area contributed by atoms with Crippen LogP contribution in [0.3, 0.4) is 0 Å². The summed E-state index contributed by atoms with van der Waals surface area (Å²) in [6.45, 7) is 3.75. The highest BCUT2D eigenvalue weighted by Gasteiger charge is 2.47. The molecule has 2 aromatic rings. The topological polar surface area (TPSA) is 44.4 Å². The van der Waals surface area contributed by atoms with Crippen LogP contribution in [0.4, 0.5) is 19.3 Å². The van der Waals surface area contributed by atoms with Crippen molar-refractivity contribution in [2.45, 2.75) is 18.8 Å². The molecular weight excluding hydrogens is 360 g/mol. The predicted octanol–water partition coefficient (Wildman–Crippen LogP) is 4.21. The number of carbonyl (C=O) groups is 1. The molecule has 2 fully saturated rings. The fraction of sp³-hybridized carbons (Fsp3) is 0.409. The molecule has 0 bridgehead atoms. The normalized spacial score (nSPS) is 23.7. The summed E-state index contributed by atoms with van der Waals surface area (Å²) in [6, 6.07) is 12.4. The smallest absolute Gasteiger partial charge is 0.319 e. The second-order valence-corrected chi connectivity index (χ2v) is 7.82. The SMILES string of the molecule is O=C(NCCCN1CC2CC(c3ccc(F)cc3)C2C1)Nc1ccc(F)cc1. The maximum Gasteiger partial charge on any atom is 0.319 e. The Morgan fingerprint density at radius 3 is 2.39 bits per heavy atom. The van der Waals surface area contributed by atoms with E-state index in [0.717, 1.165) is 32.0 Å². The maximum absolute atomic E-state index is 13.1. The van der Waals surface area contributed by atoms with Crippen LogP contribution in [-0.4, -0.2) is 37.1 Å². The standard InChI is InChI=1S/C22H25F2N3O/c23-17-4-2-15(3-5-17)20-12-16-13-27(14-21(16)20)11-1-10-25-22(28)26-19-8-6-18(24)7-9-19/h2-9,16,20-21H,1,10-14H2,(H2,25,26,28). The zero-order chi connectivity index (χ0) is 19.5. The molecule has 4 rings (SSSR count). The fourth-order valence-electron chi connectivity index (χ4n) is 4.49. The van der Waals surface area contributed by atoms with Crippen LogP contribution in [0, 0.1) is 23.5 Å². The minimum Gasteiger partial charge on any atom is -0.338 e. The highest BCUT2D eigenvalue weighted by molar-refractivity contribution is 5.89. The molecule has 1 aliphatic carbocycles. The van der Waals surface area contributed by atoms with Crippen molar-refractivity contribution in [2.24, 2.45) is 11.8 Å². The molecule has 2 N–H and O–H groups in total. The van der Waals surface area contributed by atoms with Crippen molar-refractivity contribution >= 4 is 11.7 Å². The van der Waals surface area contributed by atoms with E-state index < -0.39 is 0 Å². The molecule has 2 aliphatic rings. The van der Waals surface area contributed by atoms with Gasteiger partial charge < -0.3 is 15.5 Å². The first-order chi connectivity index (χ1) is 13.6. The summed E-state index contributed by atoms with van der Waals surface area (Å²) >= 11 is 0. The molecule has 6 heteroatoms. The van der Waals surface area contributed by atoms with E-state index in [9.17, 15) is 13.6 Å². The molecule has 3 unspecified atom stereocenters. The highest BCUT2D eigenvalue weighted by atomic mass is 19.1. The van der Waals surface area contributed by atoms with E-state index in [1.807, 2.05) is 12.1 Å². The number of hydrogen-bond donors (Lipinski definition) is 2. The number of carbonyl (C=O) groups excluding carboxylic acids is 1. The lowest BCUT2D eigenvalue weighted by Crippen LogP contribution is -2.33. The van der Waals surface area contributed by atoms with E-state index in [1.54, 1.807) is 12.1 Å². The number of nitrogens with one attached hydrogen (secondary N) is 2. The quantitative estimate of drug-likeness (QED) is 0.732. The molecule has 0 spiro atoms. The Morgan fingerprint density at radius 1 is 1.00 bits per heavy atom. The van der Waals surface area contributed by atoms with Crippen molar-refractivity contribution in [2.75, 3.05) is 31.5 Å². The van der Waals surface area contributed by atoms with Crippen molar-refractivity contribution in [3.05, 3.63) is 65.7 Å². The molecule has 1 saturated carbocycles. The summed E-state index contributed by atoms with van der Waals surface area (Å²) in [4.78, 5) is 14.3. The third-order valence-corrected chi connectivity index (χ3v) is 5.98. The van der Waals surface area contributed by atoms with Gasteiger partial charge in [0, 0.05) is 25.3 Å². The third-order valence-electron chi connectivity index (χ3n) is 5.98. The second-order valence-electron chi connectivity index (χ2n) is 7.82. The van der Waals surface area contributed by atoms with E-state index in [4.69, 9.17) is 0 Å². The first-order valence-electron chi connectivity index (χ1n) is 9.87. The van der Waals surface area contributed by atoms with Crippen LogP contribution in [-0.2, 0) is 0 Å². The summed E-state index contributed by atoms with van der Waals surface area (Å²) in [6.07, 6.45) is 2.07. The number of urea groups is 1. The van der Waals surface area contributed by atoms with E-state index >= 15 is 0 Å². The second kappa shape index (κ2) is 8.27. The summed E-state index contributed by atoms with van der Waals surface area (Å²) in [5, 5.41) is 5.53. The summed E-state index contributed by atoms with van der Waals surface area (Å²) < 4.78 is 26.0. The first-order valence-corrected chi connectivity index (χ1v) is 9.87. The molecule has 148 valence electrons. The Kier molecular flexibility index (Phi) is 5.57. The van der Waals surface area contributed by atoms with Gasteiger partial charge in [0.1, 0.15) is 11.6 Å². The lowest BCUT2D eigenvalue weighted by atomic mass is 9.64. The molecule has 0 aromatic heterocycles. The van der Waals surface area contributed by atoms with Gasteiger partial charge in [0.05, 0.1) is 0 Å². The monoisotopic (exact) mass is 385 g/mol. The number of halogens is 2. The molecule has 1 aliphatic heterocycles. The van der Waals surface area contributed by atoms with E-state index in [0.29, 0.717) is 24.1 Å². The van der Waals surface area contributed by atoms with E-state index in [-0.39, 0.29) is 17.7 Å². The summed E-state index contributed by atoms with van der Waals surface area (Å²) in [5.41, 5.74) is 1.82. The van der Waals surface area contributed by atoms with Crippen molar-refractivity contribution in [3.8, 4) is 0 Å². The van der Waals surface area contributed by atoms with Gasteiger partial charge in [-0.3, -0.25) is 0 Å². The summed E-state index contributed by atoms with van der Waals surface area (Å²) in [7, 11) is 0. The predicted molar refractivity (Wildman–Crippen MR) is 105 cm³/mol. The van der Waals surface area contributed by atoms with Gasteiger partial charge in [-0.05, 0) is 79.1 Å². The molecule has 28 heavy (non-hydrogen) atoms. The van der Waals surface area contributed by atoms with Crippen LogP contribution in [0.15, 0.2) is 48.5 Å². The van der Waals surface area contributed by atoms with Gasteiger partial charge in [-0.25, -0.2) is 13.6 Å². The van der Waals surface area contributed by atoms with Gasteiger partial charge in [-0.15, -0.1) is 0 Å². The molecule has 4 nitrogen and oxygen atoms in total. The van der Waals surface area contributed by atoms with Gasteiger partial charge >= 0.3 is 6.03 Å². The molecule has 2 amide bonds. The van der Waals surface area contributed by atoms with Crippen molar-refractivity contribution < 1.29 is 13.6 Å². The molecule has 2 aromatic carbocycles. The number of nitrogens with zero attached hydrogens (tertiary/aromatic N) is 1. The van der Waals surface area contributed by atoms with Crippen LogP contribution < -0.4 is 10.6 Å². The molecule has 0 radical (unpaired) electrons. The van der Waals surface area contributed by atoms with E-state index in [1.165, 1.54) is 36.2 Å². The fourth-order valence-corrected chi connectivity index (χ4v) is 4.49. The van der Waals surface area contributed by atoms with Crippen LogP contribution in [0.2, 0.25) is 0 Å². The number of anilines is 1. The number of fused-ring (bicyclic) bond motifs is 1. The zero-order valence-electron chi connectivity index (χ0n) is 15.7. The van der Waals surface area contributed by atoms with Crippen molar-refractivity contribution in [1.82, 2.24) is 10.2 Å². The summed E-state index contributed by atoms with van der Waals surface area (Å²) in [5.74, 6) is 1.45. The average molecular weight is 385 g/mol. The Labute approximate surface area is 163 Å².